The summed E-state index contributed by atoms with van der Waals surface area (Å²) in [7, 11) is -4.29. The zero-order valence-electron chi connectivity index (χ0n) is 25.1. The normalized spacial score (nSPS) is 12.3. The van der Waals surface area contributed by atoms with Gasteiger partial charge in [-0.15, -0.1) is 0 Å². The van der Waals surface area contributed by atoms with E-state index in [1.54, 1.807) is 18.2 Å². The number of carbonyl (C=O) groups excluding carboxylic acids is 2. The van der Waals surface area contributed by atoms with Gasteiger partial charge in [0.1, 0.15) is 18.4 Å². The van der Waals surface area contributed by atoms with Crippen molar-refractivity contribution in [1.29, 1.82) is 0 Å². The summed E-state index contributed by atoms with van der Waals surface area (Å²) >= 11 is 12.4. The molecule has 1 atom stereocenters. The van der Waals surface area contributed by atoms with Gasteiger partial charge >= 0.3 is 0 Å². The van der Waals surface area contributed by atoms with Crippen LogP contribution in [0.1, 0.15) is 31.9 Å². The highest BCUT2D eigenvalue weighted by Gasteiger charge is 2.35. The number of anilines is 1. The van der Waals surface area contributed by atoms with Crippen molar-refractivity contribution >= 4 is 50.7 Å². The van der Waals surface area contributed by atoms with E-state index in [1.165, 1.54) is 59.5 Å². The molecule has 0 aliphatic heterocycles. The molecule has 0 aliphatic rings. The van der Waals surface area contributed by atoms with Crippen molar-refractivity contribution in [3.63, 3.8) is 0 Å². The summed E-state index contributed by atoms with van der Waals surface area (Å²) in [6.45, 7) is 4.73. The maximum atomic E-state index is 14.4. The van der Waals surface area contributed by atoms with E-state index in [0.717, 1.165) is 9.87 Å². The topological polar surface area (TPSA) is 86.8 Å². The minimum absolute atomic E-state index is 0.0414. The highest BCUT2D eigenvalue weighted by atomic mass is 35.5. The van der Waals surface area contributed by atoms with Gasteiger partial charge in [-0.3, -0.25) is 13.9 Å². The van der Waals surface area contributed by atoms with E-state index >= 15 is 0 Å². The SMILES string of the molecule is CC(C)(C)NC(=O)[C@@H](Cc1ccccc1)N(Cc1ccc(F)cc1)C(=O)CN(c1ccc(Cl)c(Cl)c1)S(=O)(=O)c1ccccc1. The third kappa shape index (κ3) is 9.06. The van der Waals surface area contributed by atoms with Gasteiger partial charge in [-0.1, -0.05) is 83.9 Å². The molecule has 2 amide bonds. The summed E-state index contributed by atoms with van der Waals surface area (Å²) in [4.78, 5) is 29.6. The first kappa shape index (κ1) is 34.0. The highest BCUT2D eigenvalue weighted by molar-refractivity contribution is 7.92. The molecule has 0 aliphatic carbocycles. The van der Waals surface area contributed by atoms with Crippen LogP contribution in [0.15, 0.2) is 108 Å². The van der Waals surface area contributed by atoms with E-state index in [0.29, 0.717) is 5.56 Å². The fourth-order valence-corrected chi connectivity index (χ4v) is 6.40. The van der Waals surface area contributed by atoms with Gasteiger partial charge in [0, 0.05) is 18.5 Å². The number of benzene rings is 4. The van der Waals surface area contributed by atoms with Crippen LogP contribution in [0.25, 0.3) is 0 Å². The number of sulfonamides is 1. The Hall–Kier alpha value is -3.92. The van der Waals surface area contributed by atoms with Crippen LogP contribution in [0.4, 0.5) is 10.1 Å². The zero-order valence-corrected chi connectivity index (χ0v) is 27.4. The monoisotopic (exact) mass is 669 g/mol. The molecular weight excluding hydrogens is 636 g/mol. The zero-order chi connectivity index (χ0) is 32.8. The van der Waals surface area contributed by atoms with Crippen LogP contribution in [0.3, 0.4) is 0 Å². The van der Waals surface area contributed by atoms with Crippen LogP contribution in [0.5, 0.6) is 0 Å². The quantitative estimate of drug-likeness (QED) is 0.189. The third-order valence-electron chi connectivity index (χ3n) is 6.84. The van der Waals surface area contributed by atoms with E-state index in [-0.39, 0.29) is 33.6 Å². The van der Waals surface area contributed by atoms with Gasteiger partial charge in [0.2, 0.25) is 11.8 Å². The molecule has 0 saturated heterocycles. The van der Waals surface area contributed by atoms with E-state index < -0.39 is 45.8 Å². The lowest BCUT2D eigenvalue weighted by atomic mass is 10.0. The second-order valence-electron chi connectivity index (χ2n) is 11.5. The van der Waals surface area contributed by atoms with Gasteiger partial charge in [0.05, 0.1) is 20.6 Å². The molecule has 0 bridgehead atoms. The van der Waals surface area contributed by atoms with Crippen molar-refractivity contribution in [2.75, 3.05) is 10.8 Å². The molecule has 1 N–H and O–H groups in total. The fraction of sp³-hybridized carbons (Fsp3) is 0.235. The van der Waals surface area contributed by atoms with Crippen molar-refractivity contribution in [2.45, 2.75) is 50.2 Å². The number of halogens is 3. The molecule has 11 heteroatoms. The van der Waals surface area contributed by atoms with Crippen LogP contribution in [-0.4, -0.2) is 43.3 Å². The lowest BCUT2D eigenvalue weighted by molar-refractivity contribution is -0.140. The molecule has 0 unspecified atom stereocenters. The van der Waals surface area contributed by atoms with Crippen molar-refractivity contribution in [3.05, 3.63) is 130 Å². The maximum Gasteiger partial charge on any atom is 0.264 e. The number of nitrogens with zero attached hydrogens (tertiary/aromatic N) is 2. The summed E-state index contributed by atoms with van der Waals surface area (Å²) in [6, 6.07) is 25.7. The molecular formula is C34H34Cl2FN3O4S. The molecule has 0 radical (unpaired) electrons. The van der Waals surface area contributed by atoms with Crippen LogP contribution in [0.2, 0.25) is 10.0 Å². The first-order valence-electron chi connectivity index (χ1n) is 14.2. The van der Waals surface area contributed by atoms with Gasteiger partial charge < -0.3 is 10.2 Å². The van der Waals surface area contributed by atoms with Gasteiger partial charge in [0.25, 0.3) is 10.0 Å². The van der Waals surface area contributed by atoms with Gasteiger partial charge in [-0.25, -0.2) is 12.8 Å². The van der Waals surface area contributed by atoms with Gasteiger partial charge in [-0.05, 0) is 74.4 Å². The average Bonchev–Trinajstić information content (AvgIpc) is 3.00. The van der Waals surface area contributed by atoms with Crippen LogP contribution >= 0.6 is 23.2 Å². The molecule has 0 saturated carbocycles. The first-order valence-corrected chi connectivity index (χ1v) is 16.4. The number of hydrogen-bond acceptors (Lipinski definition) is 4. The summed E-state index contributed by atoms with van der Waals surface area (Å²) < 4.78 is 42.8. The molecule has 0 aromatic heterocycles. The summed E-state index contributed by atoms with van der Waals surface area (Å²) in [5, 5.41) is 3.28. The lowest BCUT2D eigenvalue weighted by Gasteiger charge is -2.35. The van der Waals surface area contributed by atoms with E-state index in [9.17, 15) is 22.4 Å². The Morgan fingerprint density at radius 2 is 1.42 bits per heavy atom. The van der Waals surface area contributed by atoms with E-state index in [2.05, 4.69) is 5.32 Å². The predicted molar refractivity (Wildman–Crippen MR) is 176 cm³/mol. The molecule has 4 aromatic carbocycles. The number of rotatable bonds is 11. The Kier molecular flexibility index (Phi) is 10.9. The maximum absolute atomic E-state index is 14.4. The Morgan fingerprint density at radius 1 is 0.822 bits per heavy atom. The summed E-state index contributed by atoms with van der Waals surface area (Å²) in [5.41, 5.74) is 0.835. The molecule has 0 fully saturated rings. The van der Waals surface area contributed by atoms with Gasteiger partial charge in [0.15, 0.2) is 0 Å². The van der Waals surface area contributed by atoms with Crippen molar-refractivity contribution in [3.8, 4) is 0 Å². The second kappa shape index (κ2) is 14.5. The molecule has 0 heterocycles. The van der Waals surface area contributed by atoms with Crippen molar-refractivity contribution in [2.24, 2.45) is 0 Å². The molecule has 45 heavy (non-hydrogen) atoms. The second-order valence-corrected chi connectivity index (χ2v) is 14.2. The van der Waals surface area contributed by atoms with Crippen molar-refractivity contribution in [1.82, 2.24) is 10.2 Å². The van der Waals surface area contributed by atoms with Crippen LogP contribution in [-0.2, 0) is 32.6 Å². The lowest BCUT2D eigenvalue weighted by Crippen LogP contribution is -2.56. The smallest absolute Gasteiger partial charge is 0.264 e. The Labute approximate surface area is 273 Å². The highest BCUT2D eigenvalue weighted by Crippen LogP contribution is 2.31. The van der Waals surface area contributed by atoms with Crippen molar-refractivity contribution < 1.29 is 22.4 Å². The average molecular weight is 671 g/mol. The van der Waals surface area contributed by atoms with Gasteiger partial charge in [-0.2, -0.15) is 0 Å². The van der Waals surface area contributed by atoms with Crippen LogP contribution in [0, 0.1) is 5.82 Å². The number of amides is 2. The Bertz CT molecular complexity index is 1730. The Morgan fingerprint density at radius 3 is 2.00 bits per heavy atom. The molecule has 236 valence electrons. The molecule has 0 spiro atoms. The predicted octanol–water partition coefficient (Wildman–Crippen LogP) is 6.88. The molecule has 7 nitrogen and oxygen atoms in total. The Balaban J connectivity index is 1.82. The van der Waals surface area contributed by atoms with E-state index in [4.69, 9.17) is 23.2 Å². The molecule has 4 rings (SSSR count). The standard InChI is InChI=1S/C34H34Cl2FN3O4S/c1-34(2,3)38-33(42)31(20-24-10-6-4-7-11-24)39(22-25-14-16-26(37)17-15-25)32(41)23-40(27-18-19-29(35)30(36)21-27)45(43,44)28-12-8-5-9-13-28/h4-19,21,31H,20,22-23H2,1-3H3,(H,38,42)/t31-/m1/s1. The minimum atomic E-state index is -4.29. The third-order valence-corrected chi connectivity index (χ3v) is 9.36. The number of hydrogen-bond donors (Lipinski definition) is 1. The molecule has 4 aromatic rings. The fourth-order valence-electron chi connectivity index (χ4n) is 4.68. The summed E-state index contributed by atoms with van der Waals surface area (Å²) in [5.74, 6) is -1.54. The first-order chi connectivity index (χ1) is 21.2. The van der Waals surface area contributed by atoms with Crippen LogP contribution < -0.4 is 9.62 Å². The number of nitrogens with one attached hydrogen (secondary N) is 1. The number of carbonyl (C=O) groups is 2. The minimum Gasteiger partial charge on any atom is -0.350 e. The van der Waals surface area contributed by atoms with E-state index in [1.807, 2.05) is 51.1 Å². The largest absolute Gasteiger partial charge is 0.350 e. The summed E-state index contributed by atoms with van der Waals surface area (Å²) in [6.07, 6.45) is 0.147.